The molecule has 0 spiro atoms. The molecule has 4 amide bonds. The molecule has 0 aliphatic carbocycles. The Morgan fingerprint density at radius 1 is 0.706 bits per heavy atom. The van der Waals surface area contributed by atoms with Crippen molar-refractivity contribution in [2.45, 2.75) is 36.5 Å². The summed E-state index contributed by atoms with van der Waals surface area (Å²) < 4.78 is 66.9. The third-order valence-electron chi connectivity index (χ3n) is 4.54. The molecule has 2 aromatic rings. The van der Waals surface area contributed by atoms with E-state index < -0.39 is 42.1 Å². The number of amides is 4. The van der Waals surface area contributed by atoms with Gasteiger partial charge in [0.05, 0.1) is 9.79 Å². The van der Waals surface area contributed by atoms with Crippen LogP contribution in [0.2, 0.25) is 0 Å². The Bertz CT molecular complexity index is 1180. The molecule has 6 N–H and O–H groups in total. The highest BCUT2D eigenvalue weighted by Crippen LogP contribution is 2.26. The quantitative estimate of drug-likeness (QED) is 0.274. The molecule has 2 aromatic carbocycles. The highest BCUT2D eigenvalue weighted by atomic mass is 32.2. The highest BCUT2D eigenvalue weighted by molar-refractivity contribution is 7.86. The van der Waals surface area contributed by atoms with Crippen molar-refractivity contribution in [2.75, 3.05) is 23.7 Å². The minimum Gasteiger partial charge on any atom is -0.338 e. The summed E-state index contributed by atoms with van der Waals surface area (Å²) in [6.07, 6.45) is -0.0512. The molecule has 2 rings (SSSR count). The Balaban J connectivity index is 2.34. The van der Waals surface area contributed by atoms with E-state index in [1.54, 1.807) is 13.8 Å². The minimum atomic E-state index is -4.67. The molecule has 0 radical (unpaired) electrons. The molecule has 0 aromatic heterocycles. The molecule has 0 bridgehead atoms. The summed E-state index contributed by atoms with van der Waals surface area (Å²) in [5, 5.41) is 9.85. The van der Waals surface area contributed by atoms with Crippen LogP contribution in [0.3, 0.4) is 0 Å². The van der Waals surface area contributed by atoms with Gasteiger partial charge < -0.3 is 21.3 Å². The molecule has 14 heteroatoms. The number of hydrogen-bond donors (Lipinski definition) is 6. The maximum atomic E-state index is 11.9. The first kappa shape index (κ1) is 27.0. The topological polar surface area (TPSA) is 191 Å². The predicted molar refractivity (Wildman–Crippen MR) is 125 cm³/mol. The summed E-state index contributed by atoms with van der Waals surface area (Å²) in [7, 11) is -9.33. The summed E-state index contributed by atoms with van der Waals surface area (Å²) in [4.78, 5) is 22.5. The van der Waals surface area contributed by atoms with Gasteiger partial charge in [0.25, 0.3) is 20.2 Å². The lowest BCUT2D eigenvalue weighted by molar-refractivity contribution is 0.251. The lowest BCUT2D eigenvalue weighted by atomic mass is 10.0. The largest absolute Gasteiger partial charge is 0.338 e. The van der Waals surface area contributed by atoms with Gasteiger partial charge in [0, 0.05) is 24.5 Å². The van der Waals surface area contributed by atoms with Crippen LogP contribution in [0.4, 0.5) is 21.0 Å². The van der Waals surface area contributed by atoms with Gasteiger partial charge in [0.15, 0.2) is 0 Å². The fourth-order valence-electron chi connectivity index (χ4n) is 3.10. The van der Waals surface area contributed by atoms with Crippen molar-refractivity contribution >= 4 is 43.7 Å². The summed E-state index contributed by atoms with van der Waals surface area (Å²) >= 11 is 0. The SMILES string of the molecule is CCNC(=O)Nc1ccc(CCc2ccc(NC(=O)NCC)cc2S(=O)(=O)O)c(S(=O)(=O)O)c1. The number of nitrogens with one attached hydrogen (secondary N) is 4. The van der Waals surface area contributed by atoms with Crippen LogP contribution in [-0.2, 0) is 33.1 Å². The van der Waals surface area contributed by atoms with Crippen molar-refractivity contribution < 1.29 is 35.5 Å². The number of urea groups is 2. The van der Waals surface area contributed by atoms with Gasteiger partial charge in [0.1, 0.15) is 0 Å². The molecule has 0 aliphatic rings. The van der Waals surface area contributed by atoms with Crippen molar-refractivity contribution in [1.29, 1.82) is 0 Å². The van der Waals surface area contributed by atoms with E-state index in [1.807, 2.05) is 0 Å². The summed E-state index contributed by atoms with van der Waals surface area (Å²) in [5.41, 5.74) is 0.577. The molecule has 12 nitrogen and oxygen atoms in total. The van der Waals surface area contributed by atoms with E-state index >= 15 is 0 Å². The predicted octanol–water partition coefficient (Wildman–Crippen LogP) is 2.25. The molecule has 0 saturated carbocycles. The van der Waals surface area contributed by atoms with E-state index in [1.165, 1.54) is 24.3 Å². The second-order valence-corrected chi connectivity index (χ2v) is 9.84. The molecular weight excluding hydrogens is 488 g/mol. The van der Waals surface area contributed by atoms with E-state index in [2.05, 4.69) is 21.3 Å². The number of carbonyl (C=O) groups is 2. The molecule has 34 heavy (non-hydrogen) atoms. The second-order valence-electron chi connectivity index (χ2n) is 7.06. The highest BCUT2D eigenvalue weighted by Gasteiger charge is 2.20. The van der Waals surface area contributed by atoms with Crippen molar-refractivity contribution in [3.63, 3.8) is 0 Å². The third kappa shape index (κ3) is 7.69. The number of aryl methyl sites for hydroxylation is 2. The number of benzene rings is 2. The van der Waals surface area contributed by atoms with Gasteiger partial charge >= 0.3 is 12.1 Å². The zero-order valence-corrected chi connectivity index (χ0v) is 20.1. The van der Waals surface area contributed by atoms with E-state index in [0.29, 0.717) is 13.1 Å². The van der Waals surface area contributed by atoms with Crippen LogP contribution in [0.5, 0.6) is 0 Å². The Morgan fingerprint density at radius 3 is 1.35 bits per heavy atom. The lowest BCUT2D eigenvalue weighted by Gasteiger charge is -2.13. The van der Waals surface area contributed by atoms with E-state index in [0.717, 1.165) is 12.1 Å². The molecule has 0 heterocycles. The van der Waals surface area contributed by atoms with Gasteiger partial charge in [-0.1, -0.05) is 12.1 Å². The van der Waals surface area contributed by atoms with Gasteiger partial charge in [-0.05, 0) is 62.1 Å². The minimum absolute atomic E-state index is 0.0256. The van der Waals surface area contributed by atoms with Gasteiger partial charge in [-0.15, -0.1) is 0 Å². The van der Waals surface area contributed by atoms with Crippen molar-refractivity contribution in [2.24, 2.45) is 0 Å². The Kier molecular flexibility index (Phi) is 8.98. The van der Waals surface area contributed by atoms with Crippen LogP contribution in [-0.4, -0.2) is 51.1 Å². The van der Waals surface area contributed by atoms with Crippen LogP contribution < -0.4 is 21.3 Å². The molecule has 0 saturated heterocycles. The van der Waals surface area contributed by atoms with Gasteiger partial charge in [-0.2, -0.15) is 16.8 Å². The standard InChI is InChI=1S/C20H26N4O8S2/c1-3-21-19(25)23-15-9-7-13(17(11-15)33(27,28)29)5-6-14-8-10-16(24-20(26)22-4-2)12-18(14)34(30,31)32/h7-12H,3-6H2,1-2H3,(H2,21,23,25)(H2,22,24,26)(H,27,28,29)(H,30,31,32). The number of carbonyl (C=O) groups excluding carboxylic acids is 2. The van der Waals surface area contributed by atoms with Crippen LogP contribution in [0.25, 0.3) is 0 Å². The molecule has 0 unspecified atom stereocenters. The van der Waals surface area contributed by atoms with Gasteiger partial charge in [0.2, 0.25) is 0 Å². The number of anilines is 2. The zero-order valence-electron chi connectivity index (χ0n) is 18.5. The molecule has 0 aliphatic heterocycles. The first-order valence-electron chi connectivity index (χ1n) is 10.2. The van der Waals surface area contributed by atoms with Crippen LogP contribution >= 0.6 is 0 Å². The monoisotopic (exact) mass is 514 g/mol. The average molecular weight is 515 g/mol. The van der Waals surface area contributed by atoms with Crippen LogP contribution in [0, 0.1) is 0 Å². The second kappa shape index (κ2) is 11.3. The Labute approximate surface area is 197 Å². The molecule has 0 fully saturated rings. The van der Waals surface area contributed by atoms with Gasteiger partial charge in [-0.3, -0.25) is 9.11 Å². The summed E-state index contributed by atoms with van der Waals surface area (Å²) in [6, 6.07) is 6.67. The zero-order chi connectivity index (χ0) is 25.5. The summed E-state index contributed by atoms with van der Waals surface area (Å²) in [5.74, 6) is 0. The number of rotatable bonds is 9. The van der Waals surface area contributed by atoms with Crippen molar-refractivity contribution in [3.05, 3.63) is 47.5 Å². The first-order chi connectivity index (χ1) is 15.8. The maximum absolute atomic E-state index is 11.9. The molecule has 0 atom stereocenters. The summed E-state index contributed by atoms with van der Waals surface area (Å²) in [6.45, 7) is 4.11. The third-order valence-corrected chi connectivity index (χ3v) is 6.42. The average Bonchev–Trinajstić information content (AvgIpc) is 2.72. The van der Waals surface area contributed by atoms with Crippen LogP contribution in [0.15, 0.2) is 46.2 Å². The van der Waals surface area contributed by atoms with Crippen molar-refractivity contribution in [3.8, 4) is 0 Å². The molecule has 186 valence electrons. The van der Waals surface area contributed by atoms with Crippen molar-refractivity contribution in [1.82, 2.24) is 10.6 Å². The van der Waals surface area contributed by atoms with E-state index in [9.17, 15) is 35.5 Å². The molecular formula is C20H26N4O8S2. The Hall–Kier alpha value is -3.20. The fraction of sp³-hybridized carbons (Fsp3) is 0.300. The lowest BCUT2D eigenvalue weighted by Crippen LogP contribution is -2.28. The fourth-order valence-corrected chi connectivity index (χ4v) is 4.65. The first-order valence-corrected chi connectivity index (χ1v) is 13.0. The maximum Gasteiger partial charge on any atom is 0.319 e. The van der Waals surface area contributed by atoms with E-state index in [4.69, 9.17) is 0 Å². The smallest absolute Gasteiger partial charge is 0.319 e. The van der Waals surface area contributed by atoms with E-state index in [-0.39, 0.29) is 35.3 Å². The number of hydrogen-bond acceptors (Lipinski definition) is 6. The Morgan fingerprint density at radius 2 is 1.06 bits per heavy atom. The van der Waals surface area contributed by atoms with Crippen LogP contribution in [0.1, 0.15) is 25.0 Å². The normalized spacial score (nSPS) is 11.5. The van der Waals surface area contributed by atoms with Gasteiger partial charge in [-0.25, -0.2) is 9.59 Å².